The van der Waals surface area contributed by atoms with Gasteiger partial charge in [0.05, 0.1) is 17.2 Å². The standard InChI is InChI=1S/C14H18N2O2/c1-11-6-5-7-12-13(11)15-10-16(14(12)18)8-3-2-4-9-17/h5-7,10,17H,2-4,8-9H2,1H3. The third-order valence-electron chi connectivity index (χ3n) is 3.11. The molecule has 0 bridgehead atoms. The Bertz CT molecular complexity index is 590. The number of nitrogens with zero attached hydrogens (tertiary/aromatic N) is 2. The zero-order chi connectivity index (χ0) is 13.0. The lowest BCUT2D eigenvalue weighted by Crippen LogP contribution is -2.20. The average Bonchev–Trinajstić information content (AvgIpc) is 2.38. The smallest absolute Gasteiger partial charge is 0.261 e. The Labute approximate surface area is 106 Å². The van der Waals surface area contributed by atoms with Crippen LogP contribution >= 0.6 is 0 Å². The summed E-state index contributed by atoms with van der Waals surface area (Å²) in [5.74, 6) is 0. The van der Waals surface area contributed by atoms with Gasteiger partial charge in [0.15, 0.2) is 0 Å². The predicted octanol–water partition coefficient (Wildman–Crippen LogP) is 1.87. The summed E-state index contributed by atoms with van der Waals surface area (Å²) in [6, 6.07) is 5.67. The molecule has 0 unspecified atom stereocenters. The maximum absolute atomic E-state index is 12.2. The summed E-state index contributed by atoms with van der Waals surface area (Å²) in [4.78, 5) is 16.6. The lowest BCUT2D eigenvalue weighted by atomic mass is 10.1. The number of aliphatic hydroxyl groups is 1. The van der Waals surface area contributed by atoms with Crippen LogP contribution in [0.5, 0.6) is 0 Å². The van der Waals surface area contributed by atoms with Crippen molar-refractivity contribution in [3.8, 4) is 0 Å². The normalized spacial score (nSPS) is 11.0. The van der Waals surface area contributed by atoms with Crippen LogP contribution in [0.1, 0.15) is 24.8 Å². The molecular formula is C14H18N2O2. The number of unbranched alkanes of at least 4 members (excludes halogenated alkanes) is 2. The van der Waals surface area contributed by atoms with Gasteiger partial charge in [0, 0.05) is 13.2 Å². The third-order valence-corrected chi connectivity index (χ3v) is 3.11. The maximum atomic E-state index is 12.2. The molecule has 2 aromatic rings. The molecule has 0 saturated carbocycles. The minimum atomic E-state index is 0.0210. The summed E-state index contributed by atoms with van der Waals surface area (Å²) in [5.41, 5.74) is 1.83. The Balaban J connectivity index is 2.26. The van der Waals surface area contributed by atoms with Crippen LogP contribution in [0.2, 0.25) is 0 Å². The topological polar surface area (TPSA) is 55.1 Å². The molecule has 4 heteroatoms. The first-order valence-corrected chi connectivity index (χ1v) is 6.29. The minimum Gasteiger partial charge on any atom is -0.396 e. The van der Waals surface area contributed by atoms with Crippen LogP contribution in [-0.4, -0.2) is 21.3 Å². The second-order valence-electron chi connectivity index (χ2n) is 4.50. The predicted molar refractivity (Wildman–Crippen MR) is 71.7 cm³/mol. The van der Waals surface area contributed by atoms with Crippen molar-refractivity contribution in [1.82, 2.24) is 9.55 Å². The lowest BCUT2D eigenvalue weighted by Gasteiger charge is -2.07. The minimum absolute atomic E-state index is 0.0210. The van der Waals surface area contributed by atoms with Crippen molar-refractivity contribution in [3.63, 3.8) is 0 Å². The lowest BCUT2D eigenvalue weighted by molar-refractivity contribution is 0.281. The fraction of sp³-hybridized carbons (Fsp3) is 0.429. The van der Waals surface area contributed by atoms with Gasteiger partial charge in [0.1, 0.15) is 0 Å². The van der Waals surface area contributed by atoms with E-state index in [0.717, 1.165) is 30.3 Å². The molecule has 1 aromatic carbocycles. The van der Waals surface area contributed by atoms with E-state index < -0.39 is 0 Å². The average molecular weight is 246 g/mol. The molecule has 0 amide bonds. The van der Waals surface area contributed by atoms with Gasteiger partial charge < -0.3 is 5.11 Å². The summed E-state index contributed by atoms with van der Waals surface area (Å²) in [6.07, 6.45) is 4.22. The first-order valence-electron chi connectivity index (χ1n) is 6.29. The number of hydrogen-bond acceptors (Lipinski definition) is 3. The van der Waals surface area contributed by atoms with Crippen LogP contribution in [0.25, 0.3) is 10.9 Å². The van der Waals surface area contributed by atoms with E-state index in [0.29, 0.717) is 11.9 Å². The van der Waals surface area contributed by atoms with Crippen molar-refractivity contribution in [1.29, 1.82) is 0 Å². The van der Waals surface area contributed by atoms with Gasteiger partial charge in [-0.2, -0.15) is 0 Å². The van der Waals surface area contributed by atoms with Crippen LogP contribution < -0.4 is 5.56 Å². The summed E-state index contributed by atoms with van der Waals surface area (Å²) in [6.45, 7) is 2.83. The largest absolute Gasteiger partial charge is 0.396 e. The Kier molecular flexibility index (Phi) is 4.10. The highest BCUT2D eigenvalue weighted by Gasteiger charge is 2.05. The van der Waals surface area contributed by atoms with Crippen LogP contribution in [0.4, 0.5) is 0 Å². The molecule has 1 aromatic heterocycles. The molecule has 4 nitrogen and oxygen atoms in total. The van der Waals surface area contributed by atoms with Crippen molar-refractivity contribution in [3.05, 3.63) is 40.4 Å². The van der Waals surface area contributed by atoms with Gasteiger partial charge in [-0.25, -0.2) is 4.98 Å². The highest BCUT2D eigenvalue weighted by molar-refractivity contribution is 5.80. The van der Waals surface area contributed by atoms with E-state index in [9.17, 15) is 4.79 Å². The fourth-order valence-corrected chi connectivity index (χ4v) is 2.07. The van der Waals surface area contributed by atoms with Crippen molar-refractivity contribution < 1.29 is 5.11 Å². The number of rotatable bonds is 5. The van der Waals surface area contributed by atoms with Crippen molar-refractivity contribution in [2.45, 2.75) is 32.7 Å². The molecule has 1 N–H and O–H groups in total. The zero-order valence-electron chi connectivity index (χ0n) is 10.6. The number of para-hydroxylation sites is 1. The van der Waals surface area contributed by atoms with Gasteiger partial charge in [-0.3, -0.25) is 9.36 Å². The molecule has 2 rings (SSSR count). The van der Waals surface area contributed by atoms with E-state index in [1.54, 1.807) is 10.9 Å². The van der Waals surface area contributed by atoms with Gasteiger partial charge in [0.2, 0.25) is 0 Å². The van der Waals surface area contributed by atoms with E-state index in [2.05, 4.69) is 4.98 Å². The van der Waals surface area contributed by atoms with Gasteiger partial charge in [0.25, 0.3) is 5.56 Å². The molecule has 0 atom stereocenters. The number of hydrogen-bond donors (Lipinski definition) is 1. The van der Waals surface area contributed by atoms with E-state index in [-0.39, 0.29) is 12.2 Å². The number of benzene rings is 1. The summed E-state index contributed by atoms with van der Waals surface area (Å²) in [5, 5.41) is 9.39. The monoisotopic (exact) mass is 246 g/mol. The Morgan fingerprint density at radius 2 is 2.11 bits per heavy atom. The molecule has 0 aliphatic heterocycles. The highest BCUT2D eigenvalue weighted by Crippen LogP contribution is 2.11. The zero-order valence-corrected chi connectivity index (χ0v) is 10.6. The van der Waals surface area contributed by atoms with Crippen molar-refractivity contribution in [2.75, 3.05) is 6.61 Å². The van der Waals surface area contributed by atoms with Crippen molar-refractivity contribution >= 4 is 10.9 Å². The highest BCUT2D eigenvalue weighted by atomic mass is 16.2. The first-order chi connectivity index (χ1) is 8.74. The summed E-state index contributed by atoms with van der Waals surface area (Å²) >= 11 is 0. The number of aromatic nitrogens is 2. The Morgan fingerprint density at radius 1 is 1.28 bits per heavy atom. The fourth-order valence-electron chi connectivity index (χ4n) is 2.07. The van der Waals surface area contributed by atoms with Crippen LogP contribution in [0.3, 0.4) is 0 Å². The van der Waals surface area contributed by atoms with Crippen LogP contribution in [0.15, 0.2) is 29.3 Å². The molecule has 0 aliphatic rings. The second-order valence-corrected chi connectivity index (χ2v) is 4.50. The van der Waals surface area contributed by atoms with E-state index in [4.69, 9.17) is 5.11 Å². The molecule has 0 aliphatic carbocycles. The first kappa shape index (κ1) is 12.8. The van der Waals surface area contributed by atoms with Crippen molar-refractivity contribution in [2.24, 2.45) is 0 Å². The molecule has 96 valence electrons. The van der Waals surface area contributed by atoms with Gasteiger partial charge >= 0.3 is 0 Å². The molecule has 0 radical (unpaired) electrons. The quantitative estimate of drug-likeness (QED) is 0.819. The number of aliphatic hydroxyl groups excluding tert-OH is 1. The second kappa shape index (κ2) is 5.78. The van der Waals surface area contributed by atoms with Crippen LogP contribution in [0, 0.1) is 6.92 Å². The van der Waals surface area contributed by atoms with E-state index in [1.165, 1.54) is 0 Å². The van der Waals surface area contributed by atoms with Gasteiger partial charge in [-0.05, 0) is 37.8 Å². The van der Waals surface area contributed by atoms with Crippen LogP contribution in [-0.2, 0) is 6.54 Å². The molecule has 0 fully saturated rings. The molecule has 0 spiro atoms. The Morgan fingerprint density at radius 3 is 2.89 bits per heavy atom. The summed E-state index contributed by atoms with van der Waals surface area (Å²) < 4.78 is 1.65. The summed E-state index contributed by atoms with van der Waals surface area (Å²) in [7, 11) is 0. The number of fused-ring (bicyclic) bond motifs is 1. The maximum Gasteiger partial charge on any atom is 0.261 e. The Hall–Kier alpha value is -1.68. The molecule has 0 saturated heterocycles. The van der Waals surface area contributed by atoms with Gasteiger partial charge in [-0.1, -0.05) is 12.1 Å². The third kappa shape index (κ3) is 2.59. The SMILES string of the molecule is Cc1cccc2c(=O)n(CCCCCO)cnc12. The van der Waals surface area contributed by atoms with E-state index in [1.807, 2.05) is 25.1 Å². The molecule has 1 heterocycles. The van der Waals surface area contributed by atoms with Gasteiger partial charge in [-0.15, -0.1) is 0 Å². The van der Waals surface area contributed by atoms with E-state index >= 15 is 0 Å². The molecular weight excluding hydrogens is 228 g/mol. The molecule has 18 heavy (non-hydrogen) atoms. The number of aryl methyl sites for hydroxylation is 2.